The number of aromatic nitrogens is 2. The molecule has 3 nitrogen and oxygen atoms in total. The predicted molar refractivity (Wildman–Crippen MR) is 98.6 cm³/mol. The van der Waals surface area contributed by atoms with Crippen molar-refractivity contribution >= 4 is 12.2 Å². The molecule has 2 aromatic rings. The Morgan fingerprint density at radius 3 is 2.35 bits per heavy atom. The van der Waals surface area contributed by atoms with Crippen molar-refractivity contribution in [1.82, 2.24) is 9.97 Å². The first-order valence-corrected chi connectivity index (χ1v) is 8.98. The van der Waals surface area contributed by atoms with Crippen LogP contribution in [0.2, 0.25) is 0 Å². The van der Waals surface area contributed by atoms with Crippen LogP contribution < -0.4 is 5.56 Å². The van der Waals surface area contributed by atoms with Gasteiger partial charge in [-0.2, -0.15) is 0 Å². The van der Waals surface area contributed by atoms with Crippen LogP contribution in [0, 0.1) is 4.77 Å². The van der Waals surface area contributed by atoms with Crippen molar-refractivity contribution in [3.8, 4) is 0 Å². The number of hydrogen-bond donors (Lipinski definition) is 2. The zero-order chi connectivity index (χ0) is 16.5. The fourth-order valence-corrected chi connectivity index (χ4v) is 3.07. The van der Waals surface area contributed by atoms with Gasteiger partial charge in [0.05, 0.1) is 0 Å². The van der Waals surface area contributed by atoms with Crippen LogP contribution in [0.4, 0.5) is 0 Å². The lowest BCUT2D eigenvalue weighted by Crippen LogP contribution is -2.08. The Kier molecular flexibility index (Phi) is 7.27. The first kappa shape index (κ1) is 17.7. The Bertz CT molecular complexity index is 689. The van der Waals surface area contributed by atoms with E-state index in [0.717, 1.165) is 25.0 Å². The first-order chi connectivity index (χ1) is 11.2. The van der Waals surface area contributed by atoms with E-state index in [9.17, 15) is 4.79 Å². The van der Waals surface area contributed by atoms with Gasteiger partial charge in [0.1, 0.15) is 0 Å². The second-order valence-corrected chi connectivity index (χ2v) is 6.51. The summed E-state index contributed by atoms with van der Waals surface area (Å²) >= 11 is 5.00. The van der Waals surface area contributed by atoms with Crippen LogP contribution >= 0.6 is 12.2 Å². The van der Waals surface area contributed by atoms with E-state index >= 15 is 0 Å². The fraction of sp³-hybridized carbons (Fsp3) is 0.474. The van der Waals surface area contributed by atoms with Gasteiger partial charge in [-0.3, -0.25) is 9.78 Å². The zero-order valence-electron chi connectivity index (χ0n) is 13.9. The van der Waals surface area contributed by atoms with Gasteiger partial charge in [0.25, 0.3) is 5.56 Å². The maximum atomic E-state index is 11.4. The van der Waals surface area contributed by atoms with E-state index in [4.69, 9.17) is 12.2 Å². The topological polar surface area (TPSA) is 48.6 Å². The van der Waals surface area contributed by atoms with E-state index < -0.39 is 0 Å². The summed E-state index contributed by atoms with van der Waals surface area (Å²) in [5.41, 5.74) is 3.60. The molecule has 2 N–H and O–H groups in total. The van der Waals surface area contributed by atoms with Crippen molar-refractivity contribution in [2.75, 3.05) is 0 Å². The molecule has 0 amide bonds. The van der Waals surface area contributed by atoms with Gasteiger partial charge in [0, 0.05) is 11.8 Å². The molecule has 23 heavy (non-hydrogen) atoms. The van der Waals surface area contributed by atoms with Gasteiger partial charge in [-0.1, -0.05) is 50.5 Å². The Hall–Kier alpha value is -1.68. The Labute approximate surface area is 143 Å². The molecule has 0 aliphatic carbocycles. The van der Waals surface area contributed by atoms with Crippen molar-refractivity contribution in [3.63, 3.8) is 0 Å². The molecule has 2 rings (SSSR count). The largest absolute Gasteiger partial charge is 0.336 e. The molecule has 1 heterocycles. The monoisotopic (exact) mass is 330 g/mol. The molecule has 0 aliphatic heterocycles. The molecule has 4 heteroatoms. The van der Waals surface area contributed by atoms with Crippen LogP contribution in [-0.2, 0) is 19.3 Å². The number of rotatable bonds is 9. The summed E-state index contributed by atoms with van der Waals surface area (Å²) in [7, 11) is 0. The zero-order valence-corrected chi connectivity index (χ0v) is 14.7. The highest BCUT2D eigenvalue weighted by molar-refractivity contribution is 7.71. The summed E-state index contributed by atoms with van der Waals surface area (Å²) in [4.78, 5) is 17.0. The lowest BCUT2D eigenvalue weighted by atomic mass is 10.0. The summed E-state index contributed by atoms with van der Waals surface area (Å²) in [5.74, 6) is 0. The summed E-state index contributed by atoms with van der Waals surface area (Å²) in [6.07, 6.45) is 9.26. The van der Waals surface area contributed by atoms with Crippen LogP contribution in [-0.4, -0.2) is 9.97 Å². The molecule has 1 aromatic heterocycles. The minimum atomic E-state index is -0.127. The Balaban J connectivity index is 1.83. The molecule has 124 valence electrons. The third-order valence-corrected chi connectivity index (χ3v) is 4.24. The van der Waals surface area contributed by atoms with Crippen molar-refractivity contribution in [2.45, 2.75) is 58.3 Å². The van der Waals surface area contributed by atoms with Gasteiger partial charge in [-0.15, -0.1) is 0 Å². The average molecular weight is 330 g/mol. The highest BCUT2D eigenvalue weighted by Gasteiger charge is 2.00. The highest BCUT2D eigenvalue weighted by atomic mass is 32.1. The summed E-state index contributed by atoms with van der Waals surface area (Å²) in [6, 6.07) is 10.5. The van der Waals surface area contributed by atoms with Crippen LogP contribution in [0.1, 0.15) is 55.8 Å². The van der Waals surface area contributed by atoms with Gasteiger partial charge in [0.2, 0.25) is 0 Å². The summed E-state index contributed by atoms with van der Waals surface area (Å²) in [6.45, 7) is 2.24. The van der Waals surface area contributed by atoms with E-state index in [1.807, 2.05) is 0 Å². The van der Waals surface area contributed by atoms with Crippen molar-refractivity contribution in [1.29, 1.82) is 0 Å². The van der Waals surface area contributed by atoms with Crippen LogP contribution in [0.15, 0.2) is 35.1 Å². The molecule has 0 saturated heterocycles. The van der Waals surface area contributed by atoms with Gasteiger partial charge in [-0.05, 0) is 55.4 Å². The molecule has 0 aliphatic rings. The minimum absolute atomic E-state index is 0.127. The fourth-order valence-electron chi connectivity index (χ4n) is 2.83. The number of benzene rings is 1. The highest BCUT2D eigenvalue weighted by Crippen LogP contribution is 2.12. The minimum Gasteiger partial charge on any atom is -0.336 e. The average Bonchev–Trinajstić information content (AvgIpc) is 2.51. The van der Waals surface area contributed by atoms with E-state index in [1.54, 1.807) is 6.07 Å². The second-order valence-electron chi connectivity index (χ2n) is 6.10. The molecule has 0 saturated carbocycles. The third kappa shape index (κ3) is 6.53. The Morgan fingerprint density at radius 1 is 0.913 bits per heavy atom. The smallest absolute Gasteiger partial charge is 0.251 e. The van der Waals surface area contributed by atoms with E-state index in [0.29, 0.717) is 4.77 Å². The number of hydrogen-bond acceptors (Lipinski definition) is 2. The lowest BCUT2D eigenvalue weighted by molar-refractivity contribution is 0.666. The lowest BCUT2D eigenvalue weighted by Gasteiger charge is -2.06. The summed E-state index contributed by atoms with van der Waals surface area (Å²) in [5, 5.41) is 0. The molecule has 0 atom stereocenters. The number of aryl methyl sites for hydroxylation is 3. The first-order valence-electron chi connectivity index (χ1n) is 8.57. The number of unbranched alkanes of at least 4 members (excludes halogenated alkanes) is 3. The number of aromatic amines is 2. The van der Waals surface area contributed by atoms with E-state index in [1.165, 1.54) is 43.2 Å². The van der Waals surface area contributed by atoms with Crippen molar-refractivity contribution in [3.05, 3.63) is 62.3 Å². The van der Waals surface area contributed by atoms with E-state index in [2.05, 4.69) is 41.2 Å². The molecule has 0 fully saturated rings. The van der Waals surface area contributed by atoms with Crippen molar-refractivity contribution < 1.29 is 0 Å². The molecule has 0 spiro atoms. The van der Waals surface area contributed by atoms with Crippen molar-refractivity contribution in [2.24, 2.45) is 0 Å². The maximum absolute atomic E-state index is 11.4. The molecular weight excluding hydrogens is 304 g/mol. The predicted octanol–water partition coefficient (Wildman–Crippen LogP) is 4.73. The maximum Gasteiger partial charge on any atom is 0.251 e. The molecule has 0 unspecified atom stereocenters. The molecule has 0 bridgehead atoms. The van der Waals surface area contributed by atoms with Gasteiger partial charge in [-0.25, -0.2) is 0 Å². The molecule has 0 radical (unpaired) electrons. The van der Waals surface area contributed by atoms with Crippen LogP contribution in [0.3, 0.4) is 0 Å². The second kappa shape index (κ2) is 9.46. The normalized spacial score (nSPS) is 10.8. The van der Waals surface area contributed by atoms with Gasteiger partial charge >= 0.3 is 0 Å². The van der Waals surface area contributed by atoms with Gasteiger partial charge < -0.3 is 4.98 Å². The van der Waals surface area contributed by atoms with E-state index in [-0.39, 0.29) is 5.56 Å². The SMILES string of the molecule is CCCCCCc1cccc(CCCc2cc(=O)[nH]c(=S)[nH]2)c1. The standard InChI is InChI=1S/C19H26N2OS/c1-2-3-4-5-8-15-9-6-10-16(13-15)11-7-12-17-14-18(22)21-19(23)20-17/h6,9-10,13-14H,2-5,7-8,11-12H2,1H3,(H2,20,21,22,23). The van der Waals surface area contributed by atoms with Gasteiger partial charge in [0.15, 0.2) is 4.77 Å². The molecule has 1 aromatic carbocycles. The molecular formula is C19H26N2OS. The number of H-pyrrole nitrogens is 2. The number of nitrogens with one attached hydrogen (secondary N) is 2. The quantitative estimate of drug-likeness (QED) is 0.516. The third-order valence-electron chi connectivity index (χ3n) is 4.04. The Morgan fingerprint density at radius 2 is 1.65 bits per heavy atom. The summed E-state index contributed by atoms with van der Waals surface area (Å²) < 4.78 is 0.404. The van der Waals surface area contributed by atoms with Crippen LogP contribution in [0.25, 0.3) is 0 Å². The van der Waals surface area contributed by atoms with Crippen LogP contribution in [0.5, 0.6) is 0 Å².